The SMILES string of the molecule is Cc1ccc(-n2nc(-c3cccn3C)cc2C(=O)NC(c2ccccc2)c2ccccc2)cc1. The molecular weight excluding hydrogens is 420 g/mol. The molecule has 0 radical (unpaired) electrons. The molecule has 34 heavy (non-hydrogen) atoms. The van der Waals surface area contributed by atoms with Gasteiger partial charge in [-0.25, -0.2) is 4.68 Å². The van der Waals surface area contributed by atoms with Gasteiger partial charge < -0.3 is 9.88 Å². The van der Waals surface area contributed by atoms with Crippen molar-refractivity contribution >= 4 is 5.91 Å². The molecule has 1 N–H and O–H groups in total. The minimum absolute atomic E-state index is 0.189. The van der Waals surface area contributed by atoms with Crippen LogP contribution in [0, 0.1) is 6.92 Å². The third kappa shape index (κ3) is 4.28. The van der Waals surface area contributed by atoms with Crippen LogP contribution in [0.2, 0.25) is 0 Å². The summed E-state index contributed by atoms with van der Waals surface area (Å²) in [5.74, 6) is -0.189. The van der Waals surface area contributed by atoms with Crippen molar-refractivity contribution in [1.82, 2.24) is 19.7 Å². The van der Waals surface area contributed by atoms with Crippen LogP contribution in [0.5, 0.6) is 0 Å². The van der Waals surface area contributed by atoms with E-state index in [1.54, 1.807) is 4.68 Å². The molecular formula is C29H26N4O. The van der Waals surface area contributed by atoms with Gasteiger partial charge in [0.05, 0.1) is 17.4 Å². The van der Waals surface area contributed by atoms with E-state index < -0.39 is 0 Å². The smallest absolute Gasteiger partial charge is 0.270 e. The van der Waals surface area contributed by atoms with Crippen LogP contribution in [0.4, 0.5) is 0 Å². The van der Waals surface area contributed by atoms with Crippen LogP contribution in [0.1, 0.15) is 33.2 Å². The van der Waals surface area contributed by atoms with Crippen LogP contribution in [0.3, 0.4) is 0 Å². The van der Waals surface area contributed by atoms with Crippen molar-refractivity contribution in [1.29, 1.82) is 0 Å². The molecule has 0 aliphatic heterocycles. The number of rotatable bonds is 6. The van der Waals surface area contributed by atoms with E-state index in [1.165, 1.54) is 0 Å². The molecule has 5 heteroatoms. The van der Waals surface area contributed by atoms with Crippen molar-refractivity contribution in [3.8, 4) is 17.1 Å². The lowest BCUT2D eigenvalue weighted by Gasteiger charge is -2.20. The van der Waals surface area contributed by atoms with E-state index >= 15 is 0 Å². The molecule has 0 saturated heterocycles. The van der Waals surface area contributed by atoms with Crippen molar-refractivity contribution < 1.29 is 4.79 Å². The molecule has 0 unspecified atom stereocenters. The summed E-state index contributed by atoms with van der Waals surface area (Å²) in [6.07, 6.45) is 1.97. The first-order valence-corrected chi connectivity index (χ1v) is 11.3. The van der Waals surface area contributed by atoms with Crippen LogP contribution < -0.4 is 5.32 Å². The number of aryl methyl sites for hydroxylation is 2. The van der Waals surface area contributed by atoms with E-state index in [9.17, 15) is 4.79 Å². The number of carbonyl (C=O) groups excluding carboxylic acids is 1. The Labute approximate surface area is 199 Å². The fourth-order valence-corrected chi connectivity index (χ4v) is 4.13. The molecule has 2 aromatic heterocycles. The van der Waals surface area contributed by atoms with Gasteiger partial charge in [0.1, 0.15) is 11.4 Å². The second kappa shape index (κ2) is 9.24. The molecule has 1 amide bonds. The molecule has 0 atom stereocenters. The molecule has 0 fully saturated rings. The van der Waals surface area contributed by atoms with Gasteiger partial charge in [0.25, 0.3) is 5.91 Å². The Bertz CT molecular complexity index is 1360. The fourth-order valence-electron chi connectivity index (χ4n) is 4.13. The average molecular weight is 447 g/mol. The molecule has 0 aliphatic carbocycles. The summed E-state index contributed by atoms with van der Waals surface area (Å²) < 4.78 is 3.73. The van der Waals surface area contributed by atoms with Gasteiger partial charge >= 0.3 is 0 Å². The molecule has 3 aromatic carbocycles. The van der Waals surface area contributed by atoms with Gasteiger partial charge in [-0.05, 0) is 48.4 Å². The van der Waals surface area contributed by atoms with E-state index in [0.29, 0.717) is 5.69 Å². The van der Waals surface area contributed by atoms with E-state index in [4.69, 9.17) is 5.10 Å². The number of hydrogen-bond donors (Lipinski definition) is 1. The normalized spacial score (nSPS) is 11.0. The molecule has 2 heterocycles. The molecule has 5 aromatic rings. The van der Waals surface area contributed by atoms with Crippen LogP contribution >= 0.6 is 0 Å². The van der Waals surface area contributed by atoms with Crippen LogP contribution in [-0.2, 0) is 7.05 Å². The predicted octanol–water partition coefficient (Wildman–Crippen LogP) is 5.71. The van der Waals surface area contributed by atoms with Crippen LogP contribution in [0.15, 0.2) is 109 Å². The van der Waals surface area contributed by atoms with Gasteiger partial charge in [-0.15, -0.1) is 0 Å². The molecule has 0 bridgehead atoms. The Balaban J connectivity index is 1.57. The summed E-state index contributed by atoms with van der Waals surface area (Å²) >= 11 is 0. The lowest BCUT2D eigenvalue weighted by atomic mass is 9.98. The van der Waals surface area contributed by atoms with Gasteiger partial charge in [0.2, 0.25) is 0 Å². The monoisotopic (exact) mass is 446 g/mol. The van der Waals surface area contributed by atoms with Gasteiger partial charge in [0.15, 0.2) is 0 Å². The fraction of sp³-hybridized carbons (Fsp3) is 0.103. The van der Waals surface area contributed by atoms with E-state index in [1.807, 2.05) is 128 Å². The highest BCUT2D eigenvalue weighted by Crippen LogP contribution is 2.25. The third-order valence-electron chi connectivity index (χ3n) is 5.97. The highest BCUT2D eigenvalue weighted by molar-refractivity contribution is 5.94. The third-order valence-corrected chi connectivity index (χ3v) is 5.97. The Morgan fingerprint density at radius 3 is 2.00 bits per heavy atom. The predicted molar refractivity (Wildman–Crippen MR) is 135 cm³/mol. The Morgan fingerprint density at radius 2 is 1.44 bits per heavy atom. The summed E-state index contributed by atoms with van der Waals surface area (Å²) in [4.78, 5) is 13.8. The number of benzene rings is 3. The first-order valence-electron chi connectivity index (χ1n) is 11.3. The summed E-state index contributed by atoms with van der Waals surface area (Å²) in [7, 11) is 1.97. The standard InChI is InChI=1S/C29H26N4O/c1-21-15-17-24(18-16-21)33-27(20-25(31-33)26-14-9-19-32(26)2)29(34)30-28(22-10-5-3-6-11-22)23-12-7-4-8-13-23/h3-20,28H,1-2H3,(H,30,34). The van der Waals surface area contributed by atoms with E-state index in [-0.39, 0.29) is 11.9 Å². The zero-order chi connectivity index (χ0) is 23.5. The number of aromatic nitrogens is 3. The summed E-state index contributed by atoms with van der Waals surface area (Å²) in [5, 5.41) is 8.08. The van der Waals surface area contributed by atoms with E-state index in [2.05, 4.69) is 5.32 Å². The van der Waals surface area contributed by atoms with Crippen molar-refractivity contribution in [3.63, 3.8) is 0 Å². The van der Waals surface area contributed by atoms with Crippen LogP contribution in [0.25, 0.3) is 17.1 Å². The average Bonchev–Trinajstić information content (AvgIpc) is 3.50. The minimum Gasteiger partial charge on any atom is -0.349 e. The zero-order valence-corrected chi connectivity index (χ0v) is 19.2. The van der Waals surface area contributed by atoms with Gasteiger partial charge in [-0.1, -0.05) is 78.4 Å². The number of hydrogen-bond acceptors (Lipinski definition) is 2. The van der Waals surface area contributed by atoms with Gasteiger partial charge in [0, 0.05) is 13.2 Å². The highest BCUT2D eigenvalue weighted by atomic mass is 16.2. The lowest BCUT2D eigenvalue weighted by Crippen LogP contribution is -2.31. The second-order valence-corrected chi connectivity index (χ2v) is 8.39. The Hall–Kier alpha value is -4.38. The Kier molecular flexibility index (Phi) is 5.83. The number of amides is 1. The number of nitrogens with zero attached hydrogens (tertiary/aromatic N) is 3. The van der Waals surface area contributed by atoms with Gasteiger partial charge in [-0.2, -0.15) is 5.10 Å². The zero-order valence-electron chi connectivity index (χ0n) is 19.2. The maximum absolute atomic E-state index is 13.8. The molecule has 0 aliphatic rings. The minimum atomic E-state index is -0.283. The summed E-state index contributed by atoms with van der Waals surface area (Å²) in [5.41, 5.74) is 6.20. The van der Waals surface area contributed by atoms with Crippen molar-refractivity contribution in [3.05, 3.63) is 132 Å². The number of nitrogens with one attached hydrogen (secondary N) is 1. The van der Waals surface area contributed by atoms with E-state index in [0.717, 1.165) is 33.8 Å². The molecule has 168 valence electrons. The maximum atomic E-state index is 13.8. The topological polar surface area (TPSA) is 51.9 Å². The van der Waals surface area contributed by atoms with Crippen molar-refractivity contribution in [2.24, 2.45) is 7.05 Å². The van der Waals surface area contributed by atoms with Crippen molar-refractivity contribution in [2.45, 2.75) is 13.0 Å². The van der Waals surface area contributed by atoms with Gasteiger partial charge in [-0.3, -0.25) is 4.79 Å². The van der Waals surface area contributed by atoms with Crippen LogP contribution in [-0.4, -0.2) is 20.3 Å². The molecule has 0 spiro atoms. The Morgan fingerprint density at radius 1 is 0.824 bits per heavy atom. The first-order chi connectivity index (χ1) is 16.6. The number of carbonyl (C=O) groups is 1. The second-order valence-electron chi connectivity index (χ2n) is 8.39. The maximum Gasteiger partial charge on any atom is 0.270 e. The lowest BCUT2D eigenvalue weighted by molar-refractivity contribution is 0.0935. The first kappa shape index (κ1) is 21.5. The quantitative estimate of drug-likeness (QED) is 0.363. The summed E-state index contributed by atoms with van der Waals surface area (Å²) in [6.45, 7) is 2.04. The molecule has 5 nitrogen and oxygen atoms in total. The largest absolute Gasteiger partial charge is 0.349 e. The molecule has 0 saturated carbocycles. The van der Waals surface area contributed by atoms with Crippen molar-refractivity contribution in [2.75, 3.05) is 0 Å². The summed E-state index contributed by atoms with van der Waals surface area (Å²) in [6, 6.07) is 33.6. The highest BCUT2D eigenvalue weighted by Gasteiger charge is 2.23. The molecule has 5 rings (SSSR count).